The molecule has 0 saturated carbocycles. The molecule has 1 unspecified atom stereocenters. The molecule has 0 saturated heterocycles. The molecule has 0 N–H and O–H groups in total. The summed E-state index contributed by atoms with van der Waals surface area (Å²) >= 11 is 0. The molecule has 1 aromatic carbocycles. The van der Waals surface area contributed by atoms with Crippen molar-refractivity contribution in [2.75, 3.05) is 0 Å². The molecule has 0 bridgehead atoms. The first-order chi connectivity index (χ1) is 8.69. The molecule has 0 aromatic heterocycles. The Morgan fingerprint density at radius 2 is 1.89 bits per heavy atom. The molecule has 0 fully saturated rings. The van der Waals surface area contributed by atoms with Gasteiger partial charge >= 0.3 is 0 Å². The normalized spacial score (nSPS) is 11.8. The molecule has 1 aromatic rings. The monoisotopic (exact) mass is 242 g/mol. The maximum atomic E-state index is 12.2. The van der Waals surface area contributed by atoms with Crippen LogP contribution in [0.3, 0.4) is 0 Å². The van der Waals surface area contributed by atoms with Crippen LogP contribution < -0.4 is 0 Å². The van der Waals surface area contributed by atoms with Gasteiger partial charge in [0, 0.05) is 5.56 Å². The topological polar surface area (TPSA) is 17.1 Å². The lowest BCUT2D eigenvalue weighted by atomic mass is 9.92. The third-order valence-electron chi connectivity index (χ3n) is 3.20. The Hall–Kier alpha value is -1.55. The third kappa shape index (κ3) is 4.37. The first-order valence-electron chi connectivity index (χ1n) is 6.76. The highest BCUT2D eigenvalue weighted by molar-refractivity contribution is 5.99. The molecule has 0 spiro atoms. The van der Waals surface area contributed by atoms with E-state index >= 15 is 0 Å². The molecule has 18 heavy (non-hydrogen) atoms. The van der Waals surface area contributed by atoms with Gasteiger partial charge in [-0.2, -0.15) is 0 Å². The van der Waals surface area contributed by atoms with Gasteiger partial charge in [-0.1, -0.05) is 68.4 Å². The Labute approximate surface area is 111 Å². The molecule has 0 amide bonds. The average Bonchev–Trinajstić information content (AvgIpc) is 2.39. The van der Waals surface area contributed by atoms with Gasteiger partial charge in [-0.3, -0.25) is 4.79 Å². The van der Waals surface area contributed by atoms with Crippen molar-refractivity contribution in [2.24, 2.45) is 5.92 Å². The van der Waals surface area contributed by atoms with Crippen LogP contribution in [0, 0.1) is 25.2 Å². The molecule has 1 atom stereocenters. The van der Waals surface area contributed by atoms with E-state index in [1.165, 1.54) is 12.8 Å². The number of terminal acetylenes is 1. The zero-order chi connectivity index (χ0) is 13.4. The van der Waals surface area contributed by atoms with Crippen LogP contribution in [-0.4, -0.2) is 5.78 Å². The number of carbonyl (C=O) groups is 1. The van der Waals surface area contributed by atoms with Gasteiger partial charge in [0.05, 0.1) is 5.92 Å². The molecule has 1 rings (SSSR count). The Kier molecular flexibility index (Phi) is 6.22. The van der Waals surface area contributed by atoms with Gasteiger partial charge in [0.15, 0.2) is 5.78 Å². The SMILES string of the molecule is C#CC(CCCCCC)C(=O)c1ccc(C)cc1. The van der Waals surface area contributed by atoms with E-state index in [0.717, 1.165) is 30.4 Å². The van der Waals surface area contributed by atoms with Gasteiger partial charge in [0.25, 0.3) is 0 Å². The van der Waals surface area contributed by atoms with E-state index < -0.39 is 0 Å². The summed E-state index contributed by atoms with van der Waals surface area (Å²) in [6.45, 7) is 4.19. The first-order valence-corrected chi connectivity index (χ1v) is 6.76. The molecule has 1 heteroatoms. The fourth-order valence-corrected chi connectivity index (χ4v) is 1.98. The van der Waals surface area contributed by atoms with Gasteiger partial charge in [0.2, 0.25) is 0 Å². The molecular weight excluding hydrogens is 220 g/mol. The second-order valence-corrected chi connectivity index (χ2v) is 4.80. The maximum absolute atomic E-state index is 12.2. The summed E-state index contributed by atoms with van der Waals surface area (Å²) in [7, 11) is 0. The summed E-state index contributed by atoms with van der Waals surface area (Å²) < 4.78 is 0. The van der Waals surface area contributed by atoms with Gasteiger partial charge in [-0.25, -0.2) is 0 Å². The third-order valence-corrected chi connectivity index (χ3v) is 3.20. The number of unbranched alkanes of at least 4 members (excludes halogenated alkanes) is 3. The molecule has 0 aliphatic heterocycles. The second kappa shape index (κ2) is 7.71. The number of Topliss-reactive ketones (excluding diaryl/α,β-unsaturated/α-hetero) is 1. The number of rotatable bonds is 7. The predicted molar refractivity (Wildman–Crippen MR) is 76.6 cm³/mol. The highest BCUT2D eigenvalue weighted by atomic mass is 16.1. The Bertz CT molecular complexity index is 408. The van der Waals surface area contributed by atoms with Crippen LogP contribution in [0.5, 0.6) is 0 Å². The van der Waals surface area contributed by atoms with E-state index in [-0.39, 0.29) is 11.7 Å². The van der Waals surface area contributed by atoms with E-state index in [9.17, 15) is 4.79 Å². The number of ketones is 1. The zero-order valence-electron chi connectivity index (χ0n) is 11.4. The molecular formula is C17H22O. The van der Waals surface area contributed by atoms with Crippen molar-refractivity contribution >= 4 is 5.78 Å². The van der Waals surface area contributed by atoms with Crippen molar-refractivity contribution in [1.29, 1.82) is 0 Å². The van der Waals surface area contributed by atoms with E-state index in [2.05, 4.69) is 12.8 Å². The summed E-state index contributed by atoms with van der Waals surface area (Å²) in [6, 6.07) is 7.65. The highest BCUT2D eigenvalue weighted by Gasteiger charge is 2.16. The van der Waals surface area contributed by atoms with Crippen LogP contribution in [0.15, 0.2) is 24.3 Å². The summed E-state index contributed by atoms with van der Waals surface area (Å²) in [5.41, 5.74) is 1.89. The smallest absolute Gasteiger partial charge is 0.177 e. The van der Waals surface area contributed by atoms with E-state index in [1.54, 1.807) is 0 Å². The van der Waals surface area contributed by atoms with Crippen LogP contribution >= 0.6 is 0 Å². The lowest BCUT2D eigenvalue weighted by molar-refractivity contribution is 0.0943. The number of aryl methyl sites for hydroxylation is 1. The van der Waals surface area contributed by atoms with E-state index in [1.807, 2.05) is 31.2 Å². The number of hydrogen-bond acceptors (Lipinski definition) is 1. The van der Waals surface area contributed by atoms with E-state index in [0.29, 0.717) is 0 Å². The molecule has 0 radical (unpaired) electrons. The minimum Gasteiger partial charge on any atom is -0.293 e. The van der Waals surface area contributed by atoms with Gasteiger partial charge in [-0.15, -0.1) is 6.42 Å². The quantitative estimate of drug-likeness (QED) is 0.393. The molecule has 0 aliphatic rings. The number of hydrogen-bond donors (Lipinski definition) is 0. The Morgan fingerprint density at radius 1 is 1.22 bits per heavy atom. The van der Waals surface area contributed by atoms with Crippen LogP contribution in [0.25, 0.3) is 0 Å². The summed E-state index contributed by atoms with van der Waals surface area (Å²) in [6.07, 6.45) is 10.9. The van der Waals surface area contributed by atoms with Gasteiger partial charge < -0.3 is 0 Å². The second-order valence-electron chi connectivity index (χ2n) is 4.80. The van der Waals surface area contributed by atoms with Gasteiger partial charge in [0.1, 0.15) is 0 Å². The lowest BCUT2D eigenvalue weighted by Gasteiger charge is -2.09. The Morgan fingerprint density at radius 3 is 2.44 bits per heavy atom. The standard InChI is InChI=1S/C17H22O/c1-4-6-7-8-9-15(5-2)17(18)16-12-10-14(3)11-13-16/h2,10-13,15H,4,6-9H2,1,3H3. The molecule has 1 nitrogen and oxygen atoms in total. The van der Waals surface area contributed by atoms with Crippen LogP contribution in [0.1, 0.15) is 54.9 Å². The maximum Gasteiger partial charge on any atom is 0.177 e. The predicted octanol–water partition coefficient (Wildman–Crippen LogP) is 4.40. The van der Waals surface area contributed by atoms with Crippen LogP contribution in [0.4, 0.5) is 0 Å². The zero-order valence-corrected chi connectivity index (χ0v) is 11.4. The summed E-state index contributed by atoms with van der Waals surface area (Å²) in [5, 5.41) is 0. The minimum atomic E-state index is -0.260. The number of carbonyl (C=O) groups excluding carboxylic acids is 1. The average molecular weight is 242 g/mol. The van der Waals surface area contributed by atoms with Crippen LogP contribution in [-0.2, 0) is 0 Å². The number of benzene rings is 1. The molecule has 0 heterocycles. The van der Waals surface area contributed by atoms with Crippen molar-refractivity contribution in [3.63, 3.8) is 0 Å². The van der Waals surface area contributed by atoms with E-state index in [4.69, 9.17) is 6.42 Å². The molecule has 0 aliphatic carbocycles. The van der Waals surface area contributed by atoms with Crippen molar-refractivity contribution in [1.82, 2.24) is 0 Å². The van der Waals surface area contributed by atoms with Crippen molar-refractivity contribution in [3.8, 4) is 12.3 Å². The lowest BCUT2D eigenvalue weighted by Crippen LogP contribution is -2.13. The summed E-state index contributed by atoms with van der Waals surface area (Å²) in [5.74, 6) is 2.47. The fourth-order valence-electron chi connectivity index (χ4n) is 1.98. The van der Waals surface area contributed by atoms with Crippen molar-refractivity contribution < 1.29 is 4.79 Å². The van der Waals surface area contributed by atoms with Crippen LogP contribution in [0.2, 0.25) is 0 Å². The van der Waals surface area contributed by atoms with Crippen molar-refractivity contribution in [2.45, 2.75) is 46.0 Å². The first kappa shape index (κ1) is 14.5. The fraction of sp³-hybridized carbons (Fsp3) is 0.471. The summed E-state index contributed by atoms with van der Waals surface area (Å²) in [4.78, 5) is 12.2. The largest absolute Gasteiger partial charge is 0.293 e. The molecule has 96 valence electrons. The highest BCUT2D eigenvalue weighted by Crippen LogP contribution is 2.16. The minimum absolute atomic E-state index is 0.0917. The van der Waals surface area contributed by atoms with Gasteiger partial charge in [-0.05, 0) is 13.3 Å². The Balaban J connectivity index is 2.57. The van der Waals surface area contributed by atoms with Crippen molar-refractivity contribution in [3.05, 3.63) is 35.4 Å².